The molecule has 152 valence electrons. The third-order valence-corrected chi connectivity index (χ3v) is 5.23. The van der Waals surface area contributed by atoms with Gasteiger partial charge in [-0.25, -0.2) is 0 Å². The van der Waals surface area contributed by atoms with Crippen molar-refractivity contribution in [2.45, 2.75) is 50.7 Å². The van der Waals surface area contributed by atoms with E-state index in [1.807, 2.05) is 57.2 Å². The lowest BCUT2D eigenvalue weighted by atomic mass is 10.1. The smallest absolute Gasteiger partial charge is 0.220 e. The Morgan fingerprint density at radius 1 is 1.00 bits per heavy atom. The van der Waals surface area contributed by atoms with Crippen molar-refractivity contribution in [2.24, 2.45) is 0 Å². The Labute approximate surface area is 176 Å². The van der Waals surface area contributed by atoms with Crippen LogP contribution >= 0.6 is 11.8 Å². The highest BCUT2D eigenvalue weighted by Gasteiger charge is 2.16. The van der Waals surface area contributed by atoms with E-state index in [1.165, 1.54) is 5.56 Å². The monoisotopic (exact) mass is 408 g/mol. The van der Waals surface area contributed by atoms with Crippen molar-refractivity contribution in [1.82, 2.24) is 20.1 Å². The predicted octanol–water partition coefficient (Wildman–Crippen LogP) is 4.65. The summed E-state index contributed by atoms with van der Waals surface area (Å²) >= 11 is 1.64. The van der Waals surface area contributed by atoms with Crippen molar-refractivity contribution in [1.29, 1.82) is 0 Å². The summed E-state index contributed by atoms with van der Waals surface area (Å²) in [6, 6.07) is 20.5. The summed E-state index contributed by atoms with van der Waals surface area (Å²) in [6.07, 6.45) is 2.03. The molecule has 1 aromatic heterocycles. The fourth-order valence-electron chi connectivity index (χ4n) is 3.00. The van der Waals surface area contributed by atoms with Gasteiger partial charge in [-0.3, -0.25) is 9.36 Å². The van der Waals surface area contributed by atoms with E-state index in [2.05, 4.69) is 44.3 Å². The number of amides is 1. The molecule has 0 atom stereocenters. The Kier molecular flexibility index (Phi) is 7.09. The van der Waals surface area contributed by atoms with Crippen molar-refractivity contribution < 1.29 is 4.79 Å². The number of para-hydroxylation sites is 1. The molecule has 1 N–H and O–H groups in total. The molecule has 0 aliphatic carbocycles. The molecule has 1 amide bonds. The number of carbonyl (C=O) groups excluding carboxylic acids is 1. The van der Waals surface area contributed by atoms with Crippen LogP contribution in [0.25, 0.3) is 5.69 Å². The minimum atomic E-state index is -0.190. The number of carbonyl (C=O) groups is 1. The molecule has 5 nitrogen and oxygen atoms in total. The second-order valence-electron chi connectivity index (χ2n) is 7.98. The lowest BCUT2D eigenvalue weighted by Gasteiger charge is -2.20. The van der Waals surface area contributed by atoms with Gasteiger partial charge in [0.05, 0.1) is 0 Å². The van der Waals surface area contributed by atoms with Crippen molar-refractivity contribution in [3.63, 3.8) is 0 Å². The first-order chi connectivity index (χ1) is 13.9. The highest BCUT2D eigenvalue weighted by molar-refractivity contribution is 7.99. The summed E-state index contributed by atoms with van der Waals surface area (Å²) in [5.41, 5.74) is 2.06. The topological polar surface area (TPSA) is 59.8 Å². The number of nitrogens with zero attached hydrogens (tertiary/aromatic N) is 3. The average Bonchev–Trinajstić information content (AvgIpc) is 3.08. The highest BCUT2D eigenvalue weighted by Crippen LogP contribution is 2.24. The fourth-order valence-corrected chi connectivity index (χ4v) is 3.91. The number of aromatic nitrogens is 3. The number of nitrogens with one attached hydrogen (secondary N) is 1. The van der Waals surface area contributed by atoms with Crippen LogP contribution in [0.5, 0.6) is 0 Å². The van der Waals surface area contributed by atoms with Gasteiger partial charge in [-0.05, 0) is 44.9 Å². The van der Waals surface area contributed by atoms with Crippen molar-refractivity contribution in [2.75, 3.05) is 5.75 Å². The lowest BCUT2D eigenvalue weighted by molar-refractivity contribution is -0.122. The van der Waals surface area contributed by atoms with Crippen LogP contribution in [0.3, 0.4) is 0 Å². The van der Waals surface area contributed by atoms with E-state index in [0.29, 0.717) is 6.42 Å². The molecule has 0 bridgehead atoms. The quantitative estimate of drug-likeness (QED) is 0.435. The summed E-state index contributed by atoms with van der Waals surface area (Å²) < 4.78 is 2.12. The molecule has 0 aliphatic heterocycles. The van der Waals surface area contributed by atoms with Crippen LogP contribution in [0.4, 0.5) is 0 Å². The van der Waals surface area contributed by atoms with Crippen LogP contribution in [0.15, 0.2) is 65.8 Å². The van der Waals surface area contributed by atoms with E-state index in [0.717, 1.165) is 35.3 Å². The summed E-state index contributed by atoms with van der Waals surface area (Å²) in [5.74, 6) is 1.82. The second-order valence-corrected chi connectivity index (χ2v) is 9.04. The van der Waals surface area contributed by atoms with Gasteiger partial charge in [0.15, 0.2) is 5.16 Å². The van der Waals surface area contributed by atoms with E-state index in [4.69, 9.17) is 0 Å². The molecule has 2 aromatic carbocycles. The van der Waals surface area contributed by atoms with Gasteiger partial charge in [0.2, 0.25) is 5.91 Å². The second kappa shape index (κ2) is 9.74. The van der Waals surface area contributed by atoms with Gasteiger partial charge >= 0.3 is 0 Å². The van der Waals surface area contributed by atoms with Crippen molar-refractivity contribution in [3.8, 4) is 5.69 Å². The molecule has 0 spiro atoms. The summed E-state index contributed by atoms with van der Waals surface area (Å²) in [6.45, 7) is 5.99. The first-order valence-electron chi connectivity index (χ1n) is 9.90. The number of thioether (sulfide) groups is 1. The summed E-state index contributed by atoms with van der Waals surface area (Å²) in [7, 11) is 0. The average molecular weight is 409 g/mol. The first kappa shape index (κ1) is 21.1. The maximum Gasteiger partial charge on any atom is 0.220 e. The minimum Gasteiger partial charge on any atom is -0.352 e. The van der Waals surface area contributed by atoms with Crippen LogP contribution in [0, 0.1) is 0 Å². The van der Waals surface area contributed by atoms with Gasteiger partial charge in [-0.1, -0.05) is 60.3 Å². The van der Waals surface area contributed by atoms with E-state index >= 15 is 0 Å². The van der Waals surface area contributed by atoms with Crippen LogP contribution < -0.4 is 5.32 Å². The highest BCUT2D eigenvalue weighted by atomic mass is 32.2. The van der Waals surface area contributed by atoms with E-state index in [9.17, 15) is 4.79 Å². The maximum absolute atomic E-state index is 12.0. The largest absolute Gasteiger partial charge is 0.352 e. The standard InChI is InChI=1S/C23H28N4OS/c1-23(2,3)24-21(28)15-10-16-29-22-26-25-20(17-18-11-6-4-7-12-18)27(22)19-13-8-5-9-14-19/h4-9,11-14H,10,15-17H2,1-3H3,(H,24,28). The third-order valence-electron chi connectivity index (χ3n) is 4.21. The van der Waals surface area contributed by atoms with Gasteiger partial charge in [0, 0.05) is 29.8 Å². The van der Waals surface area contributed by atoms with Gasteiger partial charge in [0.1, 0.15) is 5.82 Å². The predicted molar refractivity (Wildman–Crippen MR) is 118 cm³/mol. The Morgan fingerprint density at radius 2 is 1.66 bits per heavy atom. The zero-order valence-corrected chi connectivity index (χ0v) is 18.1. The molecule has 0 saturated carbocycles. The Hall–Kier alpha value is -2.60. The molecule has 29 heavy (non-hydrogen) atoms. The van der Waals surface area contributed by atoms with E-state index in [1.54, 1.807) is 11.8 Å². The number of hydrogen-bond donors (Lipinski definition) is 1. The molecule has 0 radical (unpaired) electrons. The lowest BCUT2D eigenvalue weighted by Crippen LogP contribution is -2.40. The molecule has 6 heteroatoms. The van der Waals surface area contributed by atoms with Crippen LogP contribution in [0.2, 0.25) is 0 Å². The molecule has 0 unspecified atom stereocenters. The molecular weight excluding hydrogens is 380 g/mol. The molecule has 0 aliphatic rings. The zero-order chi connectivity index (χ0) is 20.7. The fraction of sp³-hybridized carbons (Fsp3) is 0.348. The van der Waals surface area contributed by atoms with E-state index in [-0.39, 0.29) is 11.4 Å². The summed E-state index contributed by atoms with van der Waals surface area (Å²) in [5, 5.41) is 12.8. The normalized spacial score (nSPS) is 11.4. The molecule has 0 fully saturated rings. The van der Waals surface area contributed by atoms with E-state index < -0.39 is 0 Å². The van der Waals surface area contributed by atoms with Crippen molar-refractivity contribution in [3.05, 3.63) is 72.1 Å². The Bertz CT molecular complexity index is 917. The van der Waals surface area contributed by atoms with Crippen LogP contribution in [0.1, 0.15) is 45.0 Å². The molecular formula is C23H28N4OS. The van der Waals surface area contributed by atoms with Gasteiger partial charge in [0.25, 0.3) is 0 Å². The van der Waals surface area contributed by atoms with Crippen LogP contribution in [-0.2, 0) is 11.2 Å². The number of hydrogen-bond acceptors (Lipinski definition) is 4. The van der Waals surface area contributed by atoms with Crippen LogP contribution in [-0.4, -0.2) is 32.0 Å². The molecule has 1 heterocycles. The van der Waals surface area contributed by atoms with Gasteiger partial charge < -0.3 is 5.32 Å². The SMILES string of the molecule is CC(C)(C)NC(=O)CCCSc1nnc(Cc2ccccc2)n1-c1ccccc1. The third kappa shape index (κ3) is 6.46. The maximum atomic E-state index is 12.0. The number of benzene rings is 2. The summed E-state index contributed by atoms with van der Waals surface area (Å²) in [4.78, 5) is 12.0. The zero-order valence-electron chi connectivity index (χ0n) is 17.3. The molecule has 0 saturated heterocycles. The van der Waals surface area contributed by atoms with Gasteiger partial charge in [-0.2, -0.15) is 0 Å². The Morgan fingerprint density at radius 3 is 2.31 bits per heavy atom. The number of rotatable bonds is 8. The Balaban J connectivity index is 1.69. The first-order valence-corrected chi connectivity index (χ1v) is 10.9. The molecule has 3 rings (SSSR count). The van der Waals surface area contributed by atoms with Gasteiger partial charge in [-0.15, -0.1) is 10.2 Å². The molecule has 3 aromatic rings. The van der Waals surface area contributed by atoms with Crippen molar-refractivity contribution >= 4 is 17.7 Å². The minimum absolute atomic E-state index is 0.0902.